The molecule has 8 heteroatoms. The SMILES string of the molecule is CC(C)(C)OC(=O)N(C(=O)OC(CO)(CO)CO)C(C)(C)C. The van der Waals surface area contributed by atoms with E-state index < -0.39 is 48.7 Å². The first kappa shape index (κ1) is 20.6. The molecule has 0 radical (unpaired) electrons. The van der Waals surface area contributed by atoms with Crippen LogP contribution < -0.4 is 0 Å². The molecular formula is C14H27NO7. The minimum Gasteiger partial charge on any atom is -0.443 e. The Morgan fingerprint density at radius 2 is 1.18 bits per heavy atom. The Morgan fingerprint density at radius 1 is 0.818 bits per heavy atom. The van der Waals surface area contributed by atoms with Crippen LogP contribution in [0.1, 0.15) is 41.5 Å². The van der Waals surface area contributed by atoms with E-state index in [2.05, 4.69) is 0 Å². The van der Waals surface area contributed by atoms with Crippen LogP contribution in [-0.2, 0) is 9.47 Å². The minimum atomic E-state index is -1.87. The Kier molecular flexibility index (Phi) is 6.80. The highest BCUT2D eigenvalue weighted by Gasteiger charge is 2.42. The van der Waals surface area contributed by atoms with E-state index in [9.17, 15) is 24.9 Å². The molecule has 0 bridgehead atoms. The topological polar surface area (TPSA) is 117 Å². The van der Waals surface area contributed by atoms with Crippen molar-refractivity contribution in [3.05, 3.63) is 0 Å². The van der Waals surface area contributed by atoms with Gasteiger partial charge < -0.3 is 24.8 Å². The number of aliphatic hydroxyl groups excluding tert-OH is 3. The van der Waals surface area contributed by atoms with Crippen molar-refractivity contribution in [3.63, 3.8) is 0 Å². The molecule has 0 fully saturated rings. The number of nitrogens with zero attached hydrogens (tertiary/aromatic N) is 1. The zero-order valence-corrected chi connectivity index (χ0v) is 14.0. The number of carbonyl (C=O) groups excluding carboxylic acids is 2. The monoisotopic (exact) mass is 321 g/mol. The predicted octanol–water partition coefficient (Wildman–Crippen LogP) is 0.874. The lowest BCUT2D eigenvalue weighted by molar-refractivity contribution is -0.106. The lowest BCUT2D eigenvalue weighted by Gasteiger charge is -2.37. The van der Waals surface area contributed by atoms with Gasteiger partial charge in [0, 0.05) is 5.54 Å². The third-order valence-electron chi connectivity index (χ3n) is 2.60. The van der Waals surface area contributed by atoms with Gasteiger partial charge in [0.05, 0.1) is 19.8 Å². The molecule has 0 aliphatic carbocycles. The molecule has 0 aliphatic heterocycles. The van der Waals surface area contributed by atoms with E-state index in [-0.39, 0.29) is 0 Å². The summed E-state index contributed by atoms with van der Waals surface area (Å²) < 4.78 is 10.1. The maximum absolute atomic E-state index is 12.3. The van der Waals surface area contributed by atoms with Crippen LogP contribution in [-0.4, -0.2) is 69.0 Å². The second-order valence-corrected chi connectivity index (χ2v) is 7.01. The van der Waals surface area contributed by atoms with E-state index in [0.29, 0.717) is 0 Å². The number of amides is 2. The molecule has 0 spiro atoms. The van der Waals surface area contributed by atoms with Crippen LogP contribution in [0.15, 0.2) is 0 Å². The van der Waals surface area contributed by atoms with Gasteiger partial charge in [-0.2, -0.15) is 0 Å². The second kappa shape index (κ2) is 7.26. The Morgan fingerprint density at radius 3 is 1.45 bits per heavy atom. The van der Waals surface area contributed by atoms with Crippen LogP contribution in [0.5, 0.6) is 0 Å². The van der Waals surface area contributed by atoms with E-state index in [1.165, 1.54) is 0 Å². The number of carbonyl (C=O) groups is 2. The van der Waals surface area contributed by atoms with Crippen LogP contribution in [0.4, 0.5) is 9.59 Å². The third kappa shape index (κ3) is 5.78. The van der Waals surface area contributed by atoms with Crippen molar-refractivity contribution in [3.8, 4) is 0 Å². The third-order valence-corrected chi connectivity index (χ3v) is 2.60. The van der Waals surface area contributed by atoms with Gasteiger partial charge in [-0.15, -0.1) is 0 Å². The van der Waals surface area contributed by atoms with Crippen LogP contribution in [0.2, 0.25) is 0 Å². The zero-order chi connectivity index (χ0) is 17.8. The molecular weight excluding hydrogens is 294 g/mol. The largest absolute Gasteiger partial charge is 0.443 e. The Balaban J connectivity index is 5.38. The van der Waals surface area contributed by atoms with Crippen molar-refractivity contribution < 1.29 is 34.4 Å². The van der Waals surface area contributed by atoms with E-state index in [1.54, 1.807) is 41.5 Å². The molecule has 0 aromatic rings. The Bertz CT molecular complexity index is 383. The zero-order valence-electron chi connectivity index (χ0n) is 14.0. The van der Waals surface area contributed by atoms with Crippen LogP contribution in [0.25, 0.3) is 0 Å². The number of imide groups is 1. The molecule has 0 aliphatic rings. The number of hydrogen-bond acceptors (Lipinski definition) is 7. The van der Waals surface area contributed by atoms with Gasteiger partial charge in [0.15, 0.2) is 5.60 Å². The highest BCUT2D eigenvalue weighted by molar-refractivity contribution is 5.89. The van der Waals surface area contributed by atoms with Crippen molar-refractivity contribution in [1.82, 2.24) is 4.90 Å². The van der Waals surface area contributed by atoms with E-state index in [0.717, 1.165) is 4.90 Å². The minimum absolute atomic E-state index is 0.730. The van der Waals surface area contributed by atoms with Gasteiger partial charge in [0.25, 0.3) is 0 Å². The number of ether oxygens (including phenoxy) is 2. The van der Waals surface area contributed by atoms with Crippen LogP contribution in [0, 0.1) is 0 Å². The van der Waals surface area contributed by atoms with Gasteiger partial charge in [0.2, 0.25) is 0 Å². The summed E-state index contributed by atoms with van der Waals surface area (Å²) in [5, 5.41) is 27.6. The molecule has 0 rings (SSSR count). The molecule has 3 N–H and O–H groups in total. The first-order valence-electron chi connectivity index (χ1n) is 6.90. The first-order valence-corrected chi connectivity index (χ1v) is 6.90. The first-order chi connectivity index (χ1) is 9.82. The fourth-order valence-corrected chi connectivity index (χ4v) is 1.41. The Hall–Kier alpha value is -1.38. The van der Waals surface area contributed by atoms with Crippen molar-refractivity contribution >= 4 is 12.2 Å². The summed E-state index contributed by atoms with van der Waals surface area (Å²) in [5.74, 6) is 0. The summed E-state index contributed by atoms with van der Waals surface area (Å²) in [4.78, 5) is 25.2. The fraction of sp³-hybridized carbons (Fsp3) is 0.857. The quantitative estimate of drug-likeness (QED) is 0.703. The molecule has 0 saturated heterocycles. The summed E-state index contributed by atoms with van der Waals surface area (Å²) in [6, 6.07) is 0. The molecule has 8 nitrogen and oxygen atoms in total. The number of rotatable bonds is 4. The Labute approximate surface area is 130 Å². The summed E-state index contributed by atoms with van der Waals surface area (Å²) >= 11 is 0. The molecule has 0 atom stereocenters. The number of aliphatic hydroxyl groups is 3. The van der Waals surface area contributed by atoms with Crippen LogP contribution in [0.3, 0.4) is 0 Å². The van der Waals surface area contributed by atoms with Gasteiger partial charge in [-0.1, -0.05) is 0 Å². The maximum Gasteiger partial charge on any atom is 0.420 e. The molecule has 130 valence electrons. The molecule has 0 aromatic carbocycles. The smallest absolute Gasteiger partial charge is 0.420 e. The number of hydrogen-bond donors (Lipinski definition) is 3. The van der Waals surface area contributed by atoms with Gasteiger partial charge >= 0.3 is 12.2 Å². The summed E-state index contributed by atoms with van der Waals surface area (Å²) in [6.45, 7) is 7.35. The molecule has 0 aromatic heterocycles. The van der Waals surface area contributed by atoms with E-state index in [1.807, 2.05) is 0 Å². The average Bonchev–Trinajstić information content (AvgIpc) is 2.32. The summed E-state index contributed by atoms with van der Waals surface area (Å²) in [7, 11) is 0. The molecule has 0 saturated carbocycles. The highest BCUT2D eigenvalue weighted by Crippen LogP contribution is 2.22. The summed E-state index contributed by atoms with van der Waals surface area (Å²) in [6.07, 6.45) is -2.05. The predicted molar refractivity (Wildman–Crippen MR) is 78.3 cm³/mol. The van der Waals surface area contributed by atoms with Crippen molar-refractivity contribution in [2.75, 3.05) is 19.8 Å². The molecule has 2 amide bonds. The molecule has 22 heavy (non-hydrogen) atoms. The second-order valence-electron chi connectivity index (χ2n) is 7.01. The van der Waals surface area contributed by atoms with Gasteiger partial charge in [-0.25, -0.2) is 14.5 Å². The standard InChI is InChI=1S/C14H27NO7/c1-12(2,3)15(10(19)21-13(4,5)6)11(20)22-14(7-16,8-17)9-18/h16-18H,7-9H2,1-6H3. The van der Waals surface area contributed by atoms with E-state index in [4.69, 9.17) is 9.47 Å². The van der Waals surface area contributed by atoms with Crippen molar-refractivity contribution in [2.24, 2.45) is 0 Å². The lowest BCUT2D eigenvalue weighted by atomic mass is 10.1. The lowest BCUT2D eigenvalue weighted by Crippen LogP contribution is -2.56. The van der Waals surface area contributed by atoms with Gasteiger partial charge in [0.1, 0.15) is 5.60 Å². The molecule has 0 heterocycles. The average molecular weight is 321 g/mol. The van der Waals surface area contributed by atoms with Crippen LogP contribution >= 0.6 is 0 Å². The maximum atomic E-state index is 12.3. The van der Waals surface area contributed by atoms with Gasteiger partial charge in [-0.3, -0.25) is 0 Å². The van der Waals surface area contributed by atoms with Crippen molar-refractivity contribution in [2.45, 2.75) is 58.3 Å². The normalized spacial score (nSPS) is 12.8. The fourth-order valence-electron chi connectivity index (χ4n) is 1.41. The highest BCUT2D eigenvalue weighted by atomic mass is 16.6. The van der Waals surface area contributed by atoms with Gasteiger partial charge in [-0.05, 0) is 41.5 Å². The summed E-state index contributed by atoms with van der Waals surface area (Å²) in [5.41, 5.74) is -3.66. The van der Waals surface area contributed by atoms with Crippen molar-refractivity contribution in [1.29, 1.82) is 0 Å². The van der Waals surface area contributed by atoms with E-state index >= 15 is 0 Å². The molecule has 0 unspecified atom stereocenters.